The number of nitrogens with zero attached hydrogens (tertiary/aromatic N) is 3. The van der Waals surface area contributed by atoms with Gasteiger partial charge in [-0.2, -0.15) is 5.10 Å². The first-order valence-electron chi connectivity index (χ1n) is 10.9. The minimum absolute atomic E-state index is 0.0136. The highest BCUT2D eigenvalue weighted by Crippen LogP contribution is 2.52. The minimum atomic E-state index is -0.549. The fourth-order valence-corrected chi connectivity index (χ4v) is 5.34. The average Bonchev–Trinajstić information content (AvgIpc) is 3.44. The number of nitrogens with one attached hydrogen (secondary N) is 2. The average molecular weight is 412 g/mol. The highest BCUT2D eigenvalue weighted by Gasteiger charge is 2.52. The summed E-state index contributed by atoms with van der Waals surface area (Å²) >= 11 is 0. The van der Waals surface area contributed by atoms with E-state index in [9.17, 15) is 9.59 Å². The van der Waals surface area contributed by atoms with Crippen molar-refractivity contribution in [2.45, 2.75) is 44.1 Å². The smallest absolute Gasteiger partial charge is 0.248 e. The molecule has 3 aliphatic rings. The SMILES string of the molecule is Cn1ncc2cc(C3CCN(C(=O)C4NCC5(CC5)CC4C(=O)NO)CC3)ccc21. The molecule has 0 radical (unpaired) electrons. The van der Waals surface area contributed by atoms with Crippen LogP contribution in [0, 0.1) is 11.3 Å². The topological polar surface area (TPSA) is 99.5 Å². The summed E-state index contributed by atoms with van der Waals surface area (Å²) in [6.07, 6.45) is 6.55. The van der Waals surface area contributed by atoms with E-state index in [4.69, 9.17) is 5.21 Å². The molecule has 1 aromatic carbocycles. The van der Waals surface area contributed by atoms with E-state index in [2.05, 4.69) is 28.6 Å². The Morgan fingerprint density at radius 1 is 1.27 bits per heavy atom. The number of carbonyl (C=O) groups is 2. The van der Waals surface area contributed by atoms with Crippen LogP contribution in [0.15, 0.2) is 24.4 Å². The van der Waals surface area contributed by atoms with E-state index in [1.165, 1.54) is 5.56 Å². The first-order chi connectivity index (χ1) is 14.5. The third-order valence-electron chi connectivity index (χ3n) is 7.47. The summed E-state index contributed by atoms with van der Waals surface area (Å²) in [6, 6.07) is 5.95. The van der Waals surface area contributed by atoms with Crippen LogP contribution in [0.1, 0.15) is 43.6 Å². The van der Waals surface area contributed by atoms with Gasteiger partial charge in [0, 0.05) is 32.1 Å². The van der Waals surface area contributed by atoms with Crippen LogP contribution in [0.25, 0.3) is 10.9 Å². The quantitative estimate of drug-likeness (QED) is 0.526. The molecule has 160 valence electrons. The lowest BCUT2D eigenvalue weighted by atomic mass is 9.81. The lowest BCUT2D eigenvalue weighted by Gasteiger charge is -2.40. The standard InChI is InChI=1S/C22H29N5O3/c1-26-18-3-2-15(10-16(18)12-24-26)14-4-8-27(9-5-14)21(29)19-17(20(28)25-30)11-22(6-7-22)13-23-19/h2-3,10,12,14,17,19,23,30H,4-9,11,13H2,1H3,(H,25,28). The lowest BCUT2D eigenvalue weighted by Crippen LogP contribution is -2.59. The summed E-state index contributed by atoms with van der Waals surface area (Å²) in [5.74, 6) is -0.555. The molecule has 3 fully saturated rings. The number of fused-ring (bicyclic) bond motifs is 1. The number of benzene rings is 1. The van der Waals surface area contributed by atoms with Gasteiger partial charge in [-0.25, -0.2) is 5.48 Å². The molecule has 2 aliphatic heterocycles. The van der Waals surface area contributed by atoms with Gasteiger partial charge in [0.05, 0.1) is 23.7 Å². The van der Waals surface area contributed by atoms with E-state index >= 15 is 0 Å². The van der Waals surface area contributed by atoms with Crippen molar-refractivity contribution in [2.24, 2.45) is 18.4 Å². The molecule has 3 N–H and O–H groups in total. The molecule has 8 nitrogen and oxygen atoms in total. The maximum atomic E-state index is 13.2. The zero-order valence-corrected chi connectivity index (χ0v) is 17.3. The van der Waals surface area contributed by atoms with Gasteiger partial charge in [0.2, 0.25) is 11.8 Å². The fraction of sp³-hybridized carbons (Fsp3) is 0.591. The molecule has 1 aromatic heterocycles. The minimum Gasteiger partial charge on any atom is -0.341 e. The second-order valence-electron chi connectivity index (χ2n) is 9.33. The first-order valence-corrected chi connectivity index (χ1v) is 10.9. The van der Waals surface area contributed by atoms with Crippen LogP contribution < -0.4 is 10.8 Å². The number of hydrogen-bond donors (Lipinski definition) is 3. The van der Waals surface area contributed by atoms with Crippen LogP contribution in [-0.2, 0) is 16.6 Å². The van der Waals surface area contributed by atoms with Crippen molar-refractivity contribution in [3.63, 3.8) is 0 Å². The monoisotopic (exact) mass is 411 g/mol. The number of aromatic nitrogens is 2. The van der Waals surface area contributed by atoms with Crippen molar-refractivity contribution in [2.75, 3.05) is 19.6 Å². The molecule has 5 rings (SSSR count). The van der Waals surface area contributed by atoms with Crippen LogP contribution >= 0.6 is 0 Å². The van der Waals surface area contributed by atoms with Gasteiger partial charge >= 0.3 is 0 Å². The van der Waals surface area contributed by atoms with Crippen molar-refractivity contribution >= 4 is 22.7 Å². The number of hydrogen-bond acceptors (Lipinski definition) is 5. The maximum Gasteiger partial charge on any atom is 0.248 e. The maximum absolute atomic E-state index is 13.2. The van der Waals surface area contributed by atoms with Gasteiger partial charge in [-0.3, -0.25) is 19.5 Å². The van der Waals surface area contributed by atoms with E-state index in [0.29, 0.717) is 25.4 Å². The summed E-state index contributed by atoms with van der Waals surface area (Å²) in [5.41, 5.74) is 4.34. The second kappa shape index (κ2) is 7.35. The largest absolute Gasteiger partial charge is 0.341 e. The Hall–Kier alpha value is -2.45. The highest BCUT2D eigenvalue weighted by molar-refractivity contribution is 5.90. The van der Waals surface area contributed by atoms with E-state index < -0.39 is 17.9 Å². The van der Waals surface area contributed by atoms with Crippen LogP contribution in [0.2, 0.25) is 0 Å². The Balaban J connectivity index is 1.25. The van der Waals surface area contributed by atoms with Crippen molar-refractivity contribution < 1.29 is 14.8 Å². The Morgan fingerprint density at radius 3 is 2.73 bits per heavy atom. The Labute approximate surface area is 175 Å². The molecule has 2 aromatic rings. The van der Waals surface area contributed by atoms with Crippen molar-refractivity contribution in [1.29, 1.82) is 0 Å². The number of amides is 2. The van der Waals surface area contributed by atoms with E-state index in [-0.39, 0.29) is 11.3 Å². The number of carbonyl (C=O) groups excluding carboxylic acids is 2. The number of rotatable bonds is 3. The molecule has 8 heteroatoms. The molecule has 2 amide bonds. The fourth-order valence-electron chi connectivity index (χ4n) is 5.34. The molecule has 3 heterocycles. The second-order valence-corrected chi connectivity index (χ2v) is 9.33. The third kappa shape index (κ3) is 3.37. The highest BCUT2D eigenvalue weighted by atomic mass is 16.5. The van der Waals surface area contributed by atoms with E-state index in [1.54, 1.807) is 5.48 Å². The summed E-state index contributed by atoms with van der Waals surface area (Å²) in [5, 5.41) is 18.0. The number of piperidine rings is 2. The summed E-state index contributed by atoms with van der Waals surface area (Å²) in [4.78, 5) is 27.4. The van der Waals surface area contributed by atoms with E-state index in [0.717, 1.165) is 43.1 Å². The number of likely N-dealkylation sites (tertiary alicyclic amines) is 1. The molecule has 0 bridgehead atoms. The molecular weight excluding hydrogens is 382 g/mol. The van der Waals surface area contributed by atoms with Gasteiger partial charge in [0.15, 0.2) is 0 Å². The first kappa shape index (κ1) is 19.5. The van der Waals surface area contributed by atoms with Crippen LogP contribution in [0.3, 0.4) is 0 Å². The predicted octanol–water partition coefficient (Wildman–Crippen LogP) is 1.54. The predicted molar refractivity (Wildman–Crippen MR) is 111 cm³/mol. The molecule has 2 unspecified atom stereocenters. The summed E-state index contributed by atoms with van der Waals surface area (Å²) < 4.78 is 1.88. The number of hydroxylamine groups is 1. The third-order valence-corrected chi connectivity index (χ3v) is 7.47. The molecular formula is C22H29N5O3. The normalized spacial score (nSPS) is 26.1. The summed E-state index contributed by atoms with van der Waals surface area (Å²) in [6.45, 7) is 2.15. The van der Waals surface area contributed by atoms with Gasteiger partial charge in [-0.05, 0) is 61.1 Å². The molecule has 2 atom stereocenters. The van der Waals surface area contributed by atoms with E-state index in [1.807, 2.05) is 22.8 Å². The van der Waals surface area contributed by atoms with Gasteiger partial charge in [-0.15, -0.1) is 0 Å². The zero-order chi connectivity index (χ0) is 20.9. The van der Waals surface area contributed by atoms with Gasteiger partial charge in [-0.1, -0.05) is 6.07 Å². The lowest BCUT2D eigenvalue weighted by molar-refractivity contribution is -0.145. The molecule has 1 aliphatic carbocycles. The van der Waals surface area contributed by atoms with Gasteiger partial charge in [0.25, 0.3) is 0 Å². The van der Waals surface area contributed by atoms with Crippen molar-refractivity contribution in [3.8, 4) is 0 Å². The van der Waals surface area contributed by atoms with Crippen LogP contribution in [0.5, 0.6) is 0 Å². The molecule has 1 spiro atoms. The van der Waals surface area contributed by atoms with Gasteiger partial charge < -0.3 is 10.2 Å². The van der Waals surface area contributed by atoms with Gasteiger partial charge in [0.1, 0.15) is 0 Å². The Kier molecular flexibility index (Phi) is 4.78. The summed E-state index contributed by atoms with van der Waals surface area (Å²) in [7, 11) is 1.95. The van der Waals surface area contributed by atoms with Crippen LogP contribution in [-0.4, -0.2) is 57.4 Å². The molecule has 2 saturated heterocycles. The Bertz CT molecular complexity index is 974. The van der Waals surface area contributed by atoms with Crippen molar-refractivity contribution in [3.05, 3.63) is 30.0 Å². The zero-order valence-electron chi connectivity index (χ0n) is 17.3. The Morgan fingerprint density at radius 2 is 2.03 bits per heavy atom. The molecule has 30 heavy (non-hydrogen) atoms. The number of aryl methyl sites for hydroxylation is 1. The van der Waals surface area contributed by atoms with Crippen molar-refractivity contribution in [1.82, 2.24) is 25.5 Å². The molecule has 1 saturated carbocycles. The van der Waals surface area contributed by atoms with Crippen LogP contribution in [0.4, 0.5) is 0 Å².